The Hall–Kier alpha value is -1.10. The fraction of sp³-hybridized carbons (Fsp3) is 0.833. The van der Waals surface area contributed by atoms with Crippen LogP contribution < -0.4 is 16.4 Å². The van der Waals surface area contributed by atoms with E-state index >= 15 is 0 Å². The van der Waals surface area contributed by atoms with E-state index in [0.717, 1.165) is 6.42 Å². The molecule has 2 amide bonds. The third kappa shape index (κ3) is 11.2. The first-order valence-corrected chi connectivity index (χ1v) is 6.23. The summed E-state index contributed by atoms with van der Waals surface area (Å²) in [5, 5.41) is 5.57. The van der Waals surface area contributed by atoms with E-state index in [0.29, 0.717) is 25.8 Å². The lowest BCUT2D eigenvalue weighted by Gasteiger charge is -2.09. The molecule has 1 atom stereocenters. The van der Waals surface area contributed by atoms with E-state index in [4.69, 9.17) is 5.73 Å². The SMILES string of the molecule is CC(N)CCNC(=O)CCCC(=O)NC(C)C. The van der Waals surface area contributed by atoms with Gasteiger partial charge in [-0.1, -0.05) is 0 Å². The van der Waals surface area contributed by atoms with E-state index in [1.807, 2.05) is 20.8 Å². The molecule has 100 valence electrons. The second kappa shape index (κ2) is 8.98. The maximum atomic E-state index is 11.3. The highest BCUT2D eigenvalue weighted by Crippen LogP contribution is 1.96. The van der Waals surface area contributed by atoms with Crippen molar-refractivity contribution in [3.63, 3.8) is 0 Å². The summed E-state index contributed by atoms with van der Waals surface area (Å²) in [6.07, 6.45) is 2.16. The molecule has 0 bridgehead atoms. The summed E-state index contributed by atoms with van der Waals surface area (Å²) in [5.41, 5.74) is 5.56. The topological polar surface area (TPSA) is 84.2 Å². The lowest BCUT2D eigenvalue weighted by atomic mass is 10.2. The summed E-state index contributed by atoms with van der Waals surface area (Å²) in [6, 6.07) is 0.259. The zero-order valence-corrected chi connectivity index (χ0v) is 11.1. The van der Waals surface area contributed by atoms with Crippen LogP contribution in [0.3, 0.4) is 0 Å². The van der Waals surface area contributed by atoms with Gasteiger partial charge in [0.25, 0.3) is 0 Å². The molecule has 0 aromatic rings. The number of amides is 2. The van der Waals surface area contributed by atoms with Gasteiger partial charge in [-0.2, -0.15) is 0 Å². The number of nitrogens with one attached hydrogen (secondary N) is 2. The van der Waals surface area contributed by atoms with Crippen molar-refractivity contribution in [1.82, 2.24) is 10.6 Å². The Labute approximate surface area is 104 Å². The average Bonchev–Trinajstić information content (AvgIpc) is 2.15. The lowest BCUT2D eigenvalue weighted by Crippen LogP contribution is -2.31. The summed E-state index contributed by atoms with van der Waals surface area (Å²) in [4.78, 5) is 22.6. The van der Waals surface area contributed by atoms with Gasteiger partial charge < -0.3 is 16.4 Å². The molecule has 0 spiro atoms. The van der Waals surface area contributed by atoms with Crippen molar-refractivity contribution in [3.05, 3.63) is 0 Å². The fourth-order valence-electron chi connectivity index (χ4n) is 1.33. The summed E-state index contributed by atoms with van der Waals surface area (Å²) >= 11 is 0. The third-order valence-corrected chi connectivity index (χ3v) is 2.18. The Kier molecular flexibility index (Phi) is 8.40. The molecule has 0 rings (SSSR count). The maximum Gasteiger partial charge on any atom is 0.220 e. The number of hydrogen-bond acceptors (Lipinski definition) is 3. The van der Waals surface area contributed by atoms with Crippen molar-refractivity contribution in [2.75, 3.05) is 6.54 Å². The van der Waals surface area contributed by atoms with E-state index in [-0.39, 0.29) is 23.9 Å². The Morgan fingerprint density at radius 3 is 2.24 bits per heavy atom. The number of rotatable bonds is 8. The van der Waals surface area contributed by atoms with Gasteiger partial charge in [-0.05, 0) is 33.6 Å². The van der Waals surface area contributed by atoms with Crippen LogP contribution in [0.5, 0.6) is 0 Å². The molecule has 0 aromatic carbocycles. The summed E-state index contributed by atoms with van der Waals surface area (Å²) in [7, 11) is 0. The first-order valence-electron chi connectivity index (χ1n) is 6.23. The van der Waals surface area contributed by atoms with Crippen LogP contribution in [0.15, 0.2) is 0 Å². The second-order valence-electron chi connectivity index (χ2n) is 4.69. The summed E-state index contributed by atoms with van der Waals surface area (Å²) < 4.78 is 0. The minimum Gasteiger partial charge on any atom is -0.356 e. The third-order valence-electron chi connectivity index (χ3n) is 2.18. The molecule has 17 heavy (non-hydrogen) atoms. The molecule has 0 aliphatic heterocycles. The van der Waals surface area contributed by atoms with Gasteiger partial charge in [0.15, 0.2) is 0 Å². The molecule has 0 saturated heterocycles. The minimum atomic E-state index is -0.0111. The van der Waals surface area contributed by atoms with Gasteiger partial charge in [-0.25, -0.2) is 0 Å². The molecule has 0 aliphatic rings. The molecule has 4 N–H and O–H groups in total. The predicted molar refractivity (Wildman–Crippen MR) is 68.4 cm³/mol. The number of carbonyl (C=O) groups is 2. The summed E-state index contributed by atoms with van der Waals surface area (Å²) in [5.74, 6) is -0.00798. The van der Waals surface area contributed by atoms with Crippen LogP contribution in [0.4, 0.5) is 0 Å². The first-order chi connectivity index (χ1) is 7.91. The molecular formula is C12H25N3O2. The van der Waals surface area contributed by atoms with Gasteiger partial charge >= 0.3 is 0 Å². The molecule has 0 fully saturated rings. The van der Waals surface area contributed by atoms with E-state index in [1.165, 1.54) is 0 Å². The van der Waals surface area contributed by atoms with Crippen molar-refractivity contribution in [1.29, 1.82) is 0 Å². The van der Waals surface area contributed by atoms with E-state index in [9.17, 15) is 9.59 Å². The highest BCUT2D eigenvalue weighted by Gasteiger charge is 2.06. The molecule has 1 unspecified atom stereocenters. The van der Waals surface area contributed by atoms with Gasteiger partial charge in [-0.15, -0.1) is 0 Å². The Morgan fingerprint density at radius 1 is 1.12 bits per heavy atom. The van der Waals surface area contributed by atoms with Crippen molar-refractivity contribution >= 4 is 11.8 Å². The van der Waals surface area contributed by atoms with Crippen molar-refractivity contribution in [2.24, 2.45) is 5.73 Å². The van der Waals surface area contributed by atoms with Gasteiger partial charge in [0.05, 0.1) is 0 Å². The molecule has 0 aliphatic carbocycles. The zero-order chi connectivity index (χ0) is 13.3. The smallest absolute Gasteiger partial charge is 0.220 e. The lowest BCUT2D eigenvalue weighted by molar-refractivity contribution is -0.122. The Morgan fingerprint density at radius 2 is 1.71 bits per heavy atom. The van der Waals surface area contributed by atoms with Gasteiger partial charge in [0.1, 0.15) is 0 Å². The van der Waals surface area contributed by atoms with Crippen LogP contribution in [0.25, 0.3) is 0 Å². The van der Waals surface area contributed by atoms with Gasteiger partial charge in [0, 0.05) is 31.5 Å². The Bertz CT molecular complexity index is 240. The average molecular weight is 243 g/mol. The van der Waals surface area contributed by atoms with E-state index < -0.39 is 0 Å². The zero-order valence-electron chi connectivity index (χ0n) is 11.1. The predicted octanol–water partition coefficient (Wildman–Crippen LogP) is 0.535. The first kappa shape index (κ1) is 15.9. The molecule has 5 nitrogen and oxygen atoms in total. The van der Waals surface area contributed by atoms with Gasteiger partial charge in [-0.3, -0.25) is 9.59 Å². The number of carbonyl (C=O) groups excluding carboxylic acids is 2. The van der Waals surface area contributed by atoms with Crippen LogP contribution in [-0.2, 0) is 9.59 Å². The molecule has 0 saturated carbocycles. The molecule has 0 radical (unpaired) electrons. The highest BCUT2D eigenvalue weighted by atomic mass is 16.2. The highest BCUT2D eigenvalue weighted by molar-refractivity contribution is 5.78. The quantitative estimate of drug-likeness (QED) is 0.581. The second-order valence-corrected chi connectivity index (χ2v) is 4.69. The van der Waals surface area contributed by atoms with Crippen LogP contribution in [-0.4, -0.2) is 30.4 Å². The normalized spacial score (nSPS) is 12.3. The molecular weight excluding hydrogens is 218 g/mol. The molecule has 0 heterocycles. The van der Waals surface area contributed by atoms with Crippen molar-refractivity contribution in [2.45, 2.75) is 58.5 Å². The van der Waals surface area contributed by atoms with Crippen molar-refractivity contribution in [3.8, 4) is 0 Å². The minimum absolute atomic E-state index is 0.00313. The summed E-state index contributed by atoms with van der Waals surface area (Å²) in [6.45, 7) is 6.34. The maximum absolute atomic E-state index is 11.3. The number of nitrogens with two attached hydrogens (primary N) is 1. The monoisotopic (exact) mass is 243 g/mol. The van der Waals surface area contributed by atoms with Crippen LogP contribution in [0, 0.1) is 0 Å². The molecule has 0 aromatic heterocycles. The molecule has 5 heteroatoms. The van der Waals surface area contributed by atoms with E-state index in [1.54, 1.807) is 0 Å². The van der Waals surface area contributed by atoms with Crippen LogP contribution in [0.1, 0.15) is 46.5 Å². The van der Waals surface area contributed by atoms with Crippen molar-refractivity contribution < 1.29 is 9.59 Å². The largest absolute Gasteiger partial charge is 0.356 e. The van der Waals surface area contributed by atoms with E-state index in [2.05, 4.69) is 10.6 Å². The fourth-order valence-corrected chi connectivity index (χ4v) is 1.33. The van der Waals surface area contributed by atoms with Crippen LogP contribution in [0.2, 0.25) is 0 Å². The Balaban J connectivity index is 3.48. The standard InChI is InChI=1S/C12H25N3O2/c1-9(2)15-12(17)6-4-5-11(16)14-8-7-10(3)13/h9-10H,4-8,13H2,1-3H3,(H,14,16)(H,15,17). The van der Waals surface area contributed by atoms with Crippen LogP contribution >= 0.6 is 0 Å². The number of hydrogen-bond donors (Lipinski definition) is 3. The van der Waals surface area contributed by atoms with Gasteiger partial charge in [0.2, 0.25) is 11.8 Å².